The monoisotopic (exact) mass is 1270 g/mol. The molecule has 8 aromatic rings. The maximum Gasteiger partial charge on any atom is 0.335 e. The Labute approximate surface area is 545 Å². The molecule has 0 radical (unpaired) electrons. The molecule has 0 aromatic heterocycles. The summed E-state index contributed by atoms with van der Waals surface area (Å²) in [6.45, 7) is 3.01. The zero-order valence-electron chi connectivity index (χ0n) is 50.9. The van der Waals surface area contributed by atoms with Crippen LogP contribution >= 0.6 is 0 Å². The number of rotatable bonds is 18. The summed E-state index contributed by atoms with van der Waals surface area (Å²) < 4.78 is 10.5. The molecule has 19 nitrogen and oxygen atoms in total. The van der Waals surface area contributed by atoms with Crippen LogP contribution in [0.4, 0.5) is 0 Å². The lowest BCUT2D eigenvalue weighted by atomic mass is 10.1. The summed E-state index contributed by atoms with van der Waals surface area (Å²) in [5, 5.41) is 25.7. The van der Waals surface area contributed by atoms with E-state index in [-0.39, 0.29) is 60.2 Å². The van der Waals surface area contributed by atoms with Crippen molar-refractivity contribution in [1.82, 2.24) is 11.0 Å². The van der Waals surface area contributed by atoms with Crippen LogP contribution in [-0.4, -0.2) is 94.4 Å². The Morgan fingerprint density at radius 1 is 0.426 bits per heavy atom. The molecule has 486 valence electrons. The van der Waals surface area contributed by atoms with E-state index in [1.54, 1.807) is 128 Å². The summed E-state index contributed by atoms with van der Waals surface area (Å²) in [7, 11) is 0. The van der Waals surface area contributed by atoms with Crippen molar-refractivity contribution in [2.45, 2.75) is 65.5 Å². The van der Waals surface area contributed by atoms with E-state index in [4.69, 9.17) is 35.6 Å². The summed E-state index contributed by atoms with van der Waals surface area (Å²) in [6.07, 6.45) is 15.8. The second-order valence-electron chi connectivity index (χ2n) is 20.0. The smallest absolute Gasteiger partial charge is 0.335 e. The minimum absolute atomic E-state index is 0. The highest BCUT2D eigenvalue weighted by atomic mass is 16.8. The highest BCUT2D eigenvalue weighted by molar-refractivity contribution is 6.08. The molecule has 8 aromatic carbocycles. The number of hydroxylamine groups is 2. The summed E-state index contributed by atoms with van der Waals surface area (Å²) in [5.74, 6) is 1.94. The number of Topliss-reactive ketones (excluding diaryl/α,β-unsaturated/α-hetero) is 1. The lowest BCUT2D eigenvalue weighted by molar-refractivity contribution is -0.186. The number of aromatic carboxylic acids is 2. The van der Waals surface area contributed by atoms with Crippen molar-refractivity contribution < 1.29 is 77.7 Å². The largest absolute Gasteiger partial charge is 0.478 e. The molecule has 0 saturated carbocycles. The molecular formula is C75H75N3O16. The highest BCUT2D eigenvalue weighted by Crippen LogP contribution is 2.16. The maximum atomic E-state index is 12.1. The van der Waals surface area contributed by atoms with Crippen LogP contribution in [0, 0.1) is 0 Å². The van der Waals surface area contributed by atoms with Crippen molar-refractivity contribution in [2.24, 2.45) is 5.90 Å². The molecule has 2 fully saturated rings. The third kappa shape index (κ3) is 28.4. The fraction of sp³-hybridized carbons (Fsp3) is 0.160. The van der Waals surface area contributed by atoms with Gasteiger partial charge in [-0.25, -0.2) is 31.3 Å². The van der Waals surface area contributed by atoms with Gasteiger partial charge in [0.15, 0.2) is 35.7 Å². The fourth-order valence-electron chi connectivity index (χ4n) is 8.08. The zero-order chi connectivity index (χ0) is 67.0. The number of carboxylic acids is 2. The summed E-state index contributed by atoms with van der Waals surface area (Å²) in [6, 6.07) is 61.8. The van der Waals surface area contributed by atoms with Crippen molar-refractivity contribution in [3.05, 3.63) is 303 Å². The van der Waals surface area contributed by atoms with E-state index in [2.05, 4.69) is 10.3 Å². The number of aldehydes is 1. The standard InChI is InChI=1S/C21H21NO4.C16H13NO3.C16H12O3.C8H6O3.C8H8O.C5H11NO2.CH4/c23-19(17-6-2-1-3-7-17)14-11-16-9-12-18(13-10-16)21(24)22-26-20-8-4-5-15-25-20;18-15(13-4-2-1-3-5-13)11-8-12-6-9-14(10-7-12)16(19)17-20;17-15(13-4-2-1-3-5-13)11-8-12-6-9-14(10-7-12)16(18)19;9-5-6-1-3-7(4-2-6)8(10)11;1-7(9)8-5-3-2-4-6-8;6-8-5-3-1-2-4-7-5;/h1-3,6-7,9-14,20H,4-5,8,15H2,(H,22,24);1-11,20H,(H,17,19);1-11H,(H,18,19);1-5H,(H,10,11);2-6H,1H3;5H,1-4,6H2;1H4/b14-11+;2*11-8+;;;;. The van der Waals surface area contributed by atoms with Gasteiger partial charge in [-0.15, -0.1) is 0 Å². The molecule has 0 bridgehead atoms. The minimum Gasteiger partial charge on any atom is -0.478 e. The molecule has 2 atom stereocenters. The number of hydrogen-bond donors (Lipinski definition) is 6. The number of ether oxygens (including phenoxy) is 2. The third-order valence-electron chi connectivity index (χ3n) is 13.2. The predicted molar refractivity (Wildman–Crippen MR) is 358 cm³/mol. The van der Waals surface area contributed by atoms with E-state index >= 15 is 0 Å². The highest BCUT2D eigenvalue weighted by Gasteiger charge is 2.17. The first kappa shape index (κ1) is 75.4. The minimum atomic E-state index is -0.984. The molecule has 2 amide bonds. The van der Waals surface area contributed by atoms with Crippen LogP contribution in [0.2, 0.25) is 0 Å². The van der Waals surface area contributed by atoms with Crippen LogP contribution in [0.1, 0.15) is 163 Å². The van der Waals surface area contributed by atoms with Gasteiger partial charge in [-0.2, -0.15) is 0 Å². The number of benzene rings is 8. The average Bonchev–Trinajstić information content (AvgIpc) is 2.23. The van der Waals surface area contributed by atoms with Crippen LogP contribution in [0.3, 0.4) is 0 Å². The number of nitrogens with two attached hydrogens (primary N) is 1. The Morgan fingerprint density at radius 2 is 0.745 bits per heavy atom. The van der Waals surface area contributed by atoms with Crippen LogP contribution < -0.4 is 16.9 Å². The number of allylic oxidation sites excluding steroid dienone is 3. The molecule has 2 heterocycles. The molecule has 10 rings (SSSR count). The quantitative estimate of drug-likeness (QED) is 0.0153. The van der Waals surface area contributed by atoms with Gasteiger partial charge in [0.25, 0.3) is 11.8 Å². The number of amides is 2. The van der Waals surface area contributed by atoms with Crippen molar-refractivity contribution in [1.29, 1.82) is 0 Å². The van der Waals surface area contributed by atoms with E-state index in [9.17, 15) is 43.2 Å². The van der Waals surface area contributed by atoms with Crippen molar-refractivity contribution in [2.75, 3.05) is 13.2 Å². The average molecular weight is 1270 g/mol. The number of nitrogens with one attached hydrogen (secondary N) is 2. The number of carboxylic acid groups (broad SMARTS) is 2. The Hall–Kier alpha value is -11.0. The molecule has 7 N–H and O–H groups in total. The van der Waals surface area contributed by atoms with Gasteiger partial charge in [0.05, 0.1) is 11.1 Å². The molecule has 2 aliphatic heterocycles. The van der Waals surface area contributed by atoms with Crippen LogP contribution in [-0.2, 0) is 19.1 Å². The first-order valence-electron chi connectivity index (χ1n) is 29.3. The van der Waals surface area contributed by atoms with Gasteiger partial charge < -0.3 is 19.7 Å². The Morgan fingerprint density at radius 3 is 1.02 bits per heavy atom. The number of carbonyl (C=O) groups excluding carboxylic acids is 7. The summed E-state index contributed by atoms with van der Waals surface area (Å²) >= 11 is 0. The second kappa shape index (κ2) is 42.9. The fourth-order valence-corrected chi connectivity index (χ4v) is 8.08. The van der Waals surface area contributed by atoms with Gasteiger partial charge in [0.2, 0.25) is 0 Å². The Bertz CT molecular complexity index is 3720. The second-order valence-corrected chi connectivity index (χ2v) is 20.0. The first-order valence-corrected chi connectivity index (χ1v) is 29.3. The van der Waals surface area contributed by atoms with Gasteiger partial charge >= 0.3 is 11.9 Å². The van der Waals surface area contributed by atoms with E-state index in [1.807, 2.05) is 84.9 Å². The number of hydrogen-bond acceptors (Lipinski definition) is 15. The van der Waals surface area contributed by atoms with Crippen molar-refractivity contribution in [3.8, 4) is 0 Å². The van der Waals surface area contributed by atoms with E-state index < -0.39 is 17.8 Å². The molecule has 2 saturated heterocycles. The van der Waals surface area contributed by atoms with Gasteiger partial charge in [0.1, 0.15) is 6.29 Å². The van der Waals surface area contributed by atoms with Crippen LogP contribution in [0.15, 0.2) is 237 Å². The number of carbonyl (C=O) groups is 9. The zero-order valence-corrected chi connectivity index (χ0v) is 50.9. The summed E-state index contributed by atoms with van der Waals surface area (Å²) in [5.41, 5.74) is 10.8. The third-order valence-corrected chi connectivity index (χ3v) is 13.2. The van der Waals surface area contributed by atoms with Crippen molar-refractivity contribution in [3.63, 3.8) is 0 Å². The normalized spacial score (nSPS) is 13.6. The molecule has 0 spiro atoms. The molecule has 2 unspecified atom stereocenters. The molecular weight excluding hydrogens is 1200 g/mol. The molecule has 94 heavy (non-hydrogen) atoms. The lowest BCUT2D eigenvalue weighted by Crippen LogP contribution is -2.33. The molecule has 2 aliphatic rings. The van der Waals surface area contributed by atoms with E-state index in [0.29, 0.717) is 46.3 Å². The SMILES string of the molecule is C.CC(=O)c1ccccc1.NOC1CCCCO1.O=C(/C=C/c1ccc(C(=O)NO)cc1)c1ccccc1.O=C(/C=C/c1ccc(C(=O)NOC2CCCCO2)cc1)c1ccccc1.O=C(O)c1ccc(/C=C/C(=O)c2ccccc2)cc1.O=Cc1ccc(C(=O)O)cc1. The topological polar surface area (TPSA) is 301 Å². The Balaban J connectivity index is 0.000000251. The van der Waals surface area contributed by atoms with Gasteiger partial charge in [-0.05, 0) is 116 Å². The van der Waals surface area contributed by atoms with Crippen molar-refractivity contribution >= 4 is 71.4 Å². The van der Waals surface area contributed by atoms with Crippen LogP contribution in [0.25, 0.3) is 18.2 Å². The van der Waals surface area contributed by atoms with E-state index in [0.717, 1.165) is 61.0 Å². The van der Waals surface area contributed by atoms with E-state index in [1.165, 1.54) is 61.0 Å². The first-order chi connectivity index (χ1) is 45.1. The molecule has 19 heteroatoms. The number of ketones is 4. The van der Waals surface area contributed by atoms with Crippen LogP contribution in [0.5, 0.6) is 0 Å². The molecule has 0 aliphatic carbocycles. The predicted octanol–water partition coefficient (Wildman–Crippen LogP) is 13.9. The summed E-state index contributed by atoms with van der Waals surface area (Å²) in [4.78, 5) is 110. The van der Waals surface area contributed by atoms with Gasteiger partial charge in [-0.3, -0.25) is 43.6 Å². The van der Waals surface area contributed by atoms with Gasteiger partial charge in [0, 0.05) is 65.0 Å². The Kier molecular flexibility index (Phi) is 34.4. The lowest BCUT2D eigenvalue weighted by Gasteiger charge is -2.22. The maximum absolute atomic E-state index is 12.1. The van der Waals surface area contributed by atoms with Gasteiger partial charge in [-0.1, -0.05) is 196 Å².